The van der Waals surface area contributed by atoms with Gasteiger partial charge in [0.15, 0.2) is 17.5 Å². The normalized spacial score (nSPS) is 11.5. The van der Waals surface area contributed by atoms with Gasteiger partial charge in [0.2, 0.25) is 0 Å². The van der Waals surface area contributed by atoms with Crippen molar-refractivity contribution in [2.45, 2.75) is 0 Å². The number of furan rings is 1. The van der Waals surface area contributed by atoms with E-state index in [1.807, 2.05) is 12.1 Å². The van der Waals surface area contributed by atoms with E-state index in [-0.39, 0.29) is 0 Å². The van der Waals surface area contributed by atoms with Crippen molar-refractivity contribution in [2.75, 3.05) is 0 Å². The molecule has 0 saturated carbocycles. The summed E-state index contributed by atoms with van der Waals surface area (Å²) in [4.78, 5) is 15.4. The van der Waals surface area contributed by atoms with Crippen molar-refractivity contribution in [3.8, 4) is 73.2 Å². The molecule has 0 N–H and O–H groups in total. The van der Waals surface area contributed by atoms with Crippen molar-refractivity contribution in [1.82, 2.24) is 19.5 Å². The second-order valence-corrected chi connectivity index (χ2v) is 15.6. The molecule has 5 heteroatoms. The maximum atomic E-state index is 6.80. The van der Waals surface area contributed by atoms with E-state index in [4.69, 9.17) is 19.4 Å². The Hall–Kier alpha value is -8.41. The third-order valence-electron chi connectivity index (χ3n) is 11.9. The van der Waals surface area contributed by atoms with Crippen molar-refractivity contribution in [2.24, 2.45) is 0 Å². The Labute approximate surface area is 357 Å². The topological polar surface area (TPSA) is 56.7 Å². The van der Waals surface area contributed by atoms with Gasteiger partial charge in [-0.15, -0.1) is 0 Å². The molecule has 0 saturated heterocycles. The fraction of sp³-hybridized carbons (Fsp3) is 0. The minimum Gasteiger partial charge on any atom is -0.455 e. The van der Waals surface area contributed by atoms with Crippen molar-refractivity contribution in [3.63, 3.8) is 0 Å². The van der Waals surface area contributed by atoms with Crippen LogP contribution in [0, 0.1) is 0 Å². The molecule has 0 atom stereocenters. The minimum absolute atomic E-state index is 0.603. The Kier molecular flexibility index (Phi) is 8.42. The summed E-state index contributed by atoms with van der Waals surface area (Å²) in [5.41, 5.74) is 14.5. The molecule has 12 aromatic rings. The number of hydrogen-bond donors (Lipinski definition) is 0. The van der Waals surface area contributed by atoms with Crippen molar-refractivity contribution >= 4 is 43.7 Å². The average molecular weight is 793 g/mol. The number of hydrogen-bond acceptors (Lipinski definition) is 4. The van der Waals surface area contributed by atoms with E-state index in [1.54, 1.807) is 0 Å². The van der Waals surface area contributed by atoms with Crippen LogP contribution in [0.3, 0.4) is 0 Å². The predicted molar refractivity (Wildman–Crippen MR) is 254 cm³/mol. The number of rotatable bonds is 7. The van der Waals surface area contributed by atoms with Crippen LogP contribution in [0.4, 0.5) is 0 Å². The molecule has 0 amide bonds. The first-order valence-electron chi connectivity index (χ1n) is 20.8. The summed E-state index contributed by atoms with van der Waals surface area (Å²) >= 11 is 0. The van der Waals surface area contributed by atoms with E-state index >= 15 is 0 Å². The fourth-order valence-electron chi connectivity index (χ4n) is 8.84. The first-order valence-corrected chi connectivity index (χ1v) is 20.8. The molecule has 3 aromatic heterocycles. The minimum atomic E-state index is 0.603. The van der Waals surface area contributed by atoms with Crippen LogP contribution in [0.25, 0.3) is 117 Å². The molecule has 0 radical (unpaired) electrons. The standard InChI is InChI=1S/C57H36N4O/c1-4-15-37(16-5-1)41-19-12-21-43(33-41)56-58-55(59-57(60-56)44-22-13-20-42(34-44)38-17-6-2-7-18-38)40-31-29-39(30-32-40)46-26-14-27-48-50-35-52-49(36-53(50)62-54(46)48)47-25-10-11-28-51(47)61(52)45-23-8-3-9-24-45/h1-36H. The lowest BCUT2D eigenvalue weighted by atomic mass is 10.0. The Balaban J connectivity index is 0.965. The lowest BCUT2D eigenvalue weighted by Crippen LogP contribution is -2.00. The predicted octanol–water partition coefficient (Wildman–Crippen LogP) is 14.9. The van der Waals surface area contributed by atoms with Gasteiger partial charge in [0, 0.05) is 49.5 Å². The zero-order valence-corrected chi connectivity index (χ0v) is 33.5. The molecule has 0 fully saturated rings. The molecule has 12 rings (SSSR count). The second kappa shape index (κ2) is 14.7. The monoisotopic (exact) mass is 792 g/mol. The fourth-order valence-corrected chi connectivity index (χ4v) is 8.84. The van der Waals surface area contributed by atoms with Gasteiger partial charge in [-0.05, 0) is 70.3 Å². The van der Waals surface area contributed by atoms with Gasteiger partial charge >= 0.3 is 0 Å². The van der Waals surface area contributed by atoms with Gasteiger partial charge in [-0.2, -0.15) is 0 Å². The highest BCUT2D eigenvalue weighted by molar-refractivity contribution is 6.18. The highest BCUT2D eigenvalue weighted by atomic mass is 16.3. The molecule has 62 heavy (non-hydrogen) atoms. The summed E-state index contributed by atoms with van der Waals surface area (Å²) in [7, 11) is 0. The maximum Gasteiger partial charge on any atom is 0.164 e. The molecule has 290 valence electrons. The number of benzene rings is 9. The summed E-state index contributed by atoms with van der Waals surface area (Å²) in [6.07, 6.45) is 0. The van der Waals surface area contributed by atoms with Crippen molar-refractivity contribution < 1.29 is 4.42 Å². The molecule has 0 aliphatic heterocycles. The lowest BCUT2D eigenvalue weighted by molar-refractivity contribution is 0.670. The van der Waals surface area contributed by atoms with Gasteiger partial charge in [0.05, 0.1) is 11.0 Å². The molecule has 0 spiro atoms. The Morgan fingerprint density at radius 2 is 0.806 bits per heavy atom. The number of para-hydroxylation sites is 3. The maximum absolute atomic E-state index is 6.80. The van der Waals surface area contributed by atoms with Crippen LogP contribution < -0.4 is 0 Å². The van der Waals surface area contributed by atoms with Crippen LogP contribution >= 0.6 is 0 Å². The molecule has 0 unspecified atom stereocenters. The largest absolute Gasteiger partial charge is 0.455 e. The smallest absolute Gasteiger partial charge is 0.164 e. The molecule has 0 bridgehead atoms. The quantitative estimate of drug-likeness (QED) is 0.161. The van der Waals surface area contributed by atoms with E-state index in [1.165, 1.54) is 10.9 Å². The van der Waals surface area contributed by atoms with E-state index < -0.39 is 0 Å². The van der Waals surface area contributed by atoms with Crippen LogP contribution in [0.15, 0.2) is 223 Å². The van der Waals surface area contributed by atoms with Crippen molar-refractivity contribution in [3.05, 3.63) is 218 Å². The first-order chi connectivity index (χ1) is 30.7. The van der Waals surface area contributed by atoms with E-state index in [0.717, 1.165) is 88.6 Å². The van der Waals surface area contributed by atoms with Crippen LogP contribution in [0.1, 0.15) is 0 Å². The summed E-state index contributed by atoms with van der Waals surface area (Å²) in [5, 5.41) is 4.53. The number of fused-ring (bicyclic) bond motifs is 6. The number of nitrogens with zero attached hydrogens (tertiary/aromatic N) is 4. The third kappa shape index (κ3) is 6.14. The van der Waals surface area contributed by atoms with Crippen LogP contribution in [0.2, 0.25) is 0 Å². The summed E-state index contributed by atoms with van der Waals surface area (Å²) in [6, 6.07) is 76.2. The van der Waals surface area contributed by atoms with Crippen molar-refractivity contribution in [1.29, 1.82) is 0 Å². The van der Waals surface area contributed by atoms with E-state index in [9.17, 15) is 0 Å². The first kappa shape index (κ1) is 35.5. The summed E-state index contributed by atoms with van der Waals surface area (Å²) in [5.74, 6) is 1.83. The summed E-state index contributed by atoms with van der Waals surface area (Å²) < 4.78 is 9.15. The van der Waals surface area contributed by atoms with Gasteiger partial charge in [-0.3, -0.25) is 0 Å². The van der Waals surface area contributed by atoms with Gasteiger partial charge in [-0.1, -0.05) is 176 Å². The Morgan fingerprint density at radius 3 is 1.45 bits per heavy atom. The van der Waals surface area contributed by atoms with Crippen LogP contribution in [0.5, 0.6) is 0 Å². The van der Waals surface area contributed by atoms with E-state index in [0.29, 0.717) is 17.5 Å². The Morgan fingerprint density at radius 1 is 0.306 bits per heavy atom. The van der Waals surface area contributed by atoms with Gasteiger partial charge < -0.3 is 8.98 Å². The van der Waals surface area contributed by atoms with Crippen LogP contribution in [-0.2, 0) is 0 Å². The highest BCUT2D eigenvalue weighted by Crippen LogP contribution is 2.41. The Bertz CT molecular complexity index is 3510. The van der Waals surface area contributed by atoms with Gasteiger partial charge in [0.25, 0.3) is 0 Å². The third-order valence-corrected chi connectivity index (χ3v) is 11.9. The second-order valence-electron chi connectivity index (χ2n) is 15.6. The van der Waals surface area contributed by atoms with Gasteiger partial charge in [-0.25, -0.2) is 15.0 Å². The lowest BCUT2D eigenvalue weighted by Gasteiger charge is -2.11. The summed E-state index contributed by atoms with van der Waals surface area (Å²) in [6.45, 7) is 0. The number of aromatic nitrogens is 4. The molecular weight excluding hydrogens is 757 g/mol. The molecular formula is C57H36N4O. The molecule has 9 aromatic carbocycles. The zero-order valence-electron chi connectivity index (χ0n) is 33.5. The SMILES string of the molecule is c1ccc(-c2cccc(-c3nc(-c4ccc(-c5cccc6c5oc5cc7c8ccccc8n(-c8ccccc8)c7cc56)cc4)nc(-c4cccc(-c5ccccc5)c4)n3)c2)cc1. The average Bonchev–Trinajstić information content (AvgIpc) is 3.89. The molecule has 3 heterocycles. The molecule has 5 nitrogen and oxygen atoms in total. The highest BCUT2D eigenvalue weighted by Gasteiger charge is 2.19. The zero-order chi connectivity index (χ0) is 41.0. The van der Waals surface area contributed by atoms with E-state index in [2.05, 4.69) is 211 Å². The molecule has 0 aliphatic rings. The molecule has 0 aliphatic carbocycles. The van der Waals surface area contributed by atoms with Gasteiger partial charge in [0.1, 0.15) is 11.2 Å². The van der Waals surface area contributed by atoms with Crippen LogP contribution in [-0.4, -0.2) is 19.5 Å².